The third kappa shape index (κ3) is 3.73. The van der Waals surface area contributed by atoms with Crippen molar-refractivity contribution in [2.24, 2.45) is 0 Å². The minimum Gasteiger partial charge on any atom is -0.497 e. The number of aliphatic hydroxyl groups is 1. The minimum atomic E-state index is -0.456. The zero-order chi connectivity index (χ0) is 21.0. The molecule has 3 aromatic rings. The fourth-order valence-corrected chi connectivity index (χ4v) is 3.49. The normalized spacial score (nSPS) is 10.8. The fourth-order valence-electron chi connectivity index (χ4n) is 3.49. The van der Waals surface area contributed by atoms with Gasteiger partial charge in [0.25, 0.3) is 0 Å². The lowest BCUT2D eigenvalue weighted by molar-refractivity contribution is 0.0589. The van der Waals surface area contributed by atoms with Crippen molar-refractivity contribution in [2.45, 2.75) is 13.0 Å². The maximum Gasteiger partial charge on any atom is 0.355 e. The fraction of sp³-hybridized carbons (Fsp3) is 0.318. The van der Waals surface area contributed by atoms with Gasteiger partial charge < -0.3 is 28.6 Å². The van der Waals surface area contributed by atoms with Gasteiger partial charge in [0.05, 0.1) is 34.0 Å². The number of carbonyl (C=O) groups is 1. The number of benzene rings is 2. The number of hydrogen-bond donors (Lipinski definition) is 1. The molecule has 0 fully saturated rings. The number of esters is 1. The molecule has 0 aliphatic heterocycles. The topological polar surface area (TPSA) is 79.2 Å². The molecule has 0 bridgehead atoms. The van der Waals surface area contributed by atoms with Crippen LogP contribution in [0.2, 0.25) is 0 Å². The molecule has 154 valence electrons. The van der Waals surface area contributed by atoms with Crippen molar-refractivity contribution in [3.05, 3.63) is 42.1 Å². The zero-order valence-corrected chi connectivity index (χ0v) is 17.0. The second kappa shape index (κ2) is 8.87. The Kier molecular flexibility index (Phi) is 6.29. The monoisotopic (exact) mass is 399 g/mol. The van der Waals surface area contributed by atoms with Crippen LogP contribution in [0.15, 0.2) is 36.4 Å². The lowest BCUT2D eigenvalue weighted by Crippen LogP contribution is -2.12. The molecule has 7 nitrogen and oxygen atoms in total. The van der Waals surface area contributed by atoms with Crippen LogP contribution in [-0.2, 0) is 11.3 Å². The number of aryl methyl sites for hydroxylation is 1. The largest absolute Gasteiger partial charge is 0.497 e. The lowest BCUT2D eigenvalue weighted by Gasteiger charge is -2.11. The van der Waals surface area contributed by atoms with E-state index < -0.39 is 5.97 Å². The van der Waals surface area contributed by atoms with Gasteiger partial charge in [0, 0.05) is 30.2 Å². The van der Waals surface area contributed by atoms with E-state index in [-0.39, 0.29) is 6.61 Å². The SMILES string of the molecule is COC(=O)c1c(-c2ccc(OC)cc2)c2cc(OC)c(OC)cc2n1CCCO. The van der Waals surface area contributed by atoms with E-state index >= 15 is 0 Å². The van der Waals surface area contributed by atoms with E-state index in [1.165, 1.54) is 7.11 Å². The molecule has 0 spiro atoms. The van der Waals surface area contributed by atoms with Gasteiger partial charge in [-0.1, -0.05) is 12.1 Å². The van der Waals surface area contributed by atoms with Gasteiger partial charge in [-0.15, -0.1) is 0 Å². The van der Waals surface area contributed by atoms with Crippen molar-refractivity contribution in [3.8, 4) is 28.4 Å². The maximum atomic E-state index is 12.8. The molecule has 0 saturated heterocycles. The highest BCUT2D eigenvalue weighted by Crippen LogP contribution is 2.41. The molecule has 1 heterocycles. The summed E-state index contributed by atoms with van der Waals surface area (Å²) in [4.78, 5) is 12.8. The number of ether oxygens (including phenoxy) is 4. The van der Waals surface area contributed by atoms with Crippen LogP contribution in [0, 0.1) is 0 Å². The van der Waals surface area contributed by atoms with Crippen molar-refractivity contribution >= 4 is 16.9 Å². The highest BCUT2D eigenvalue weighted by molar-refractivity contribution is 6.09. The third-order valence-electron chi connectivity index (χ3n) is 4.87. The average Bonchev–Trinajstić information content (AvgIpc) is 3.09. The van der Waals surface area contributed by atoms with Crippen molar-refractivity contribution in [1.29, 1.82) is 0 Å². The van der Waals surface area contributed by atoms with E-state index in [1.807, 2.05) is 41.0 Å². The predicted octanol–water partition coefficient (Wildman–Crippen LogP) is 3.50. The molecule has 29 heavy (non-hydrogen) atoms. The second-order valence-corrected chi connectivity index (χ2v) is 6.40. The summed E-state index contributed by atoms with van der Waals surface area (Å²) >= 11 is 0. The molecule has 0 aliphatic rings. The van der Waals surface area contributed by atoms with Crippen LogP contribution in [-0.4, -0.2) is 50.7 Å². The Morgan fingerprint density at radius 2 is 1.62 bits per heavy atom. The van der Waals surface area contributed by atoms with Crippen LogP contribution >= 0.6 is 0 Å². The quantitative estimate of drug-likeness (QED) is 0.584. The van der Waals surface area contributed by atoms with Crippen LogP contribution in [0.3, 0.4) is 0 Å². The minimum absolute atomic E-state index is 0.00540. The number of carbonyl (C=O) groups excluding carboxylic acids is 1. The number of aliphatic hydroxyl groups excluding tert-OH is 1. The summed E-state index contributed by atoms with van der Waals surface area (Å²) in [5.41, 5.74) is 2.78. The van der Waals surface area contributed by atoms with Gasteiger partial charge in [0.1, 0.15) is 11.4 Å². The first-order valence-corrected chi connectivity index (χ1v) is 9.21. The van der Waals surface area contributed by atoms with E-state index in [9.17, 15) is 9.90 Å². The molecule has 7 heteroatoms. The Morgan fingerprint density at radius 1 is 0.966 bits per heavy atom. The van der Waals surface area contributed by atoms with Gasteiger partial charge in [-0.05, 0) is 30.2 Å². The lowest BCUT2D eigenvalue weighted by atomic mass is 10.0. The van der Waals surface area contributed by atoms with E-state index in [2.05, 4.69) is 0 Å². The molecule has 0 aliphatic carbocycles. The molecule has 0 saturated carbocycles. The number of aromatic nitrogens is 1. The van der Waals surface area contributed by atoms with Gasteiger partial charge >= 0.3 is 5.97 Å². The Morgan fingerprint density at radius 3 is 2.17 bits per heavy atom. The van der Waals surface area contributed by atoms with Gasteiger partial charge in [0.2, 0.25) is 0 Å². The van der Waals surface area contributed by atoms with Gasteiger partial charge in [0.15, 0.2) is 11.5 Å². The molecule has 0 atom stereocenters. The highest BCUT2D eigenvalue weighted by Gasteiger charge is 2.26. The van der Waals surface area contributed by atoms with Crippen molar-refractivity contribution < 1.29 is 28.8 Å². The van der Waals surface area contributed by atoms with E-state index in [0.29, 0.717) is 30.2 Å². The van der Waals surface area contributed by atoms with Crippen LogP contribution in [0.5, 0.6) is 17.2 Å². The number of hydrogen-bond acceptors (Lipinski definition) is 6. The first kappa shape index (κ1) is 20.5. The van der Waals surface area contributed by atoms with Crippen LogP contribution in [0.1, 0.15) is 16.9 Å². The first-order valence-electron chi connectivity index (χ1n) is 9.21. The molecule has 2 aromatic carbocycles. The summed E-state index contributed by atoms with van der Waals surface area (Å²) in [6, 6.07) is 11.2. The first-order chi connectivity index (χ1) is 14.1. The smallest absolute Gasteiger partial charge is 0.355 e. The second-order valence-electron chi connectivity index (χ2n) is 6.40. The third-order valence-corrected chi connectivity index (χ3v) is 4.87. The number of nitrogens with zero attached hydrogens (tertiary/aromatic N) is 1. The Hall–Kier alpha value is -3.19. The summed E-state index contributed by atoms with van der Waals surface area (Å²) in [5.74, 6) is 1.38. The van der Waals surface area contributed by atoms with E-state index in [4.69, 9.17) is 18.9 Å². The number of fused-ring (bicyclic) bond motifs is 1. The standard InChI is InChI=1S/C22H25NO6/c1-26-15-8-6-14(7-9-15)20-16-12-18(27-2)19(28-3)13-17(16)23(10-5-11-24)21(20)22(25)29-4/h6-9,12-13,24H,5,10-11H2,1-4H3. The van der Waals surface area contributed by atoms with Crippen molar-refractivity contribution in [3.63, 3.8) is 0 Å². The molecule has 1 aromatic heterocycles. The maximum absolute atomic E-state index is 12.8. The molecule has 1 N–H and O–H groups in total. The summed E-state index contributed by atoms with van der Waals surface area (Å²) < 4.78 is 23.1. The zero-order valence-electron chi connectivity index (χ0n) is 17.0. The van der Waals surface area contributed by atoms with E-state index in [0.717, 1.165) is 27.8 Å². The number of methoxy groups -OCH3 is 4. The molecular formula is C22H25NO6. The van der Waals surface area contributed by atoms with Crippen LogP contribution in [0.4, 0.5) is 0 Å². The average molecular weight is 399 g/mol. The summed E-state index contributed by atoms with van der Waals surface area (Å²) in [6.07, 6.45) is 0.490. The Bertz CT molecular complexity index is 1010. The predicted molar refractivity (Wildman–Crippen MR) is 110 cm³/mol. The number of rotatable bonds is 8. The van der Waals surface area contributed by atoms with Crippen LogP contribution in [0.25, 0.3) is 22.0 Å². The van der Waals surface area contributed by atoms with Crippen molar-refractivity contribution in [2.75, 3.05) is 35.0 Å². The highest BCUT2D eigenvalue weighted by atomic mass is 16.5. The molecule has 0 unspecified atom stereocenters. The van der Waals surface area contributed by atoms with E-state index in [1.54, 1.807) is 21.3 Å². The van der Waals surface area contributed by atoms with Gasteiger partial charge in [-0.2, -0.15) is 0 Å². The van der Waals surface area contributed by atoms with Crippen LogP contribution < -0.4 is 14.2 Å². The summed E-state index contributed by atoms with van der Waals surface area (Å²) in [6.45, 7) is 0.453. The molecular weight excluding hydrogens is 374 g/mol. The van der Waals surface area contributed by atoms with Gasteiger partial charge in [-0.3, -0.25) is 0 Å². The van der Waals surface area contributed by atoms with Crippen molar-refractivity contribution in [1.82, 2.24) is 4.57 Å². The molecule has 0 amide bonds. The Labute approximate surface area is 169 Å². The molecule has 3 rings (SSSR count). The molecule has 0 radical (unpaired) electrons. The Balaban J connectivity index is 2.39. The summed E-state index contributed by atoms with van der Waals surface area (Å²) in [5, 5.41) is 10.2. The summed E-state index contributed by atoms with van der Waals surface area (Å²) in [7, 11) is 6.10. The van der Waals surface area contributed by atoms with Gasteiger partial charge in [-0.25, -0.2) is 4.79 Å².